The van der Waals surface area contributed by atoms with E-state index in [0.717, 1.165) is 28.3 Å². The molecule has 0 aliphatic rings. The summed E-state index contributed by atoms with van der Waals surface area (Å²) in [5.74, 6) is 0.780. The molecule has 2 aromatic heterocycles. The van der Waals surface area contributed by atoms with E-state index < -0.39 is 10.0 Å². The van der Waals surface area contributed by atoms with E-state index in [9.17, 15) is 12.8 Å². The first-order chi connectivity index (χ1) is 18.7. The average Bonchev–Trinajstić information content (AvgIpc) is 3.36. The SMILES string of the molecule is CS(=O)(=O)NCCn1ccc(-c2ccc3ncnc(Nc4ccc(OCc5cccc(F)c5)c(Cl)c4)c3c2)c1. The highest BCUT2D eigenvalue weighted by Gasteiger charge is 2.10. The quantitative estimate of drug-likeness (QED) is 0.223. The van der Waals surface area contributed by atoms with Crippen molar-refractivity contribution >= 4 is 44.0 Å². The maximum atomic E-state index is 13.4. The number of ether oxygens (including phenoxy) is 1. The molecule has 5 aromatic rings. The largest absolute Gasteiger partial charge is 0.487 e. The van der Waals surface area contributed by atoms with Gasteiger partial charge in [0.05, 0.1) is 16.8 Å². The Hall–Kier alpha value is -3.99. The lowest BCUT2D eigenvalue weighted by Gasteiger charge is -2.12. The Labute approximate surface area is 230 Å². The molecule has 0 saturated heterocycles. The van der Waals surface area contributed by atoms with E-state index in [0.29, 0.717) is 40.9 Å². The van der Waals surface area contributed by atoms with E-state index in [4.69, 9.17) is 16.3 Å². The number of fused-ring (bicyclic) bond motifs is 1. The summed E-state index contributed by atoms with van der Waals surface area (Å²) >= 11 is 6.47. The first-order valence-corrected chi connectivity index (χ1v) is 14.3. The van der Waals surface area contributed by atoms with Gasteiger partial charge >= 0.3 is 0 Å². The summed E-state index contributed by atoms with van der Waals surface area (Å²) in [5, 5.41) is 4.54. The normalized spacial score (nSPS) is 11.6. The van der Waals surface area contributed by atoms with Gasteiger partial charge in [0, 0.05) is 36.6 Å². The van der Waals surface area contributed by atoms with Gasteiger partial charge in [0.2, 0.25) is 10.0 Å². The Kier molecular flexibility index (Phi) is 7.78. The van der Waals surface area contributed by atoms with E-state index in [1.807, 2.05) is 47.3 Å². The zero-order valence-electron chi connectivity index (χ0n) is 20.9. The third-order valence-electron chi connectivity index (χ3n) is 5.93. The lowest BCUT2D eigenvalue weighted by Crippen LogP contribution is -2.25. The lowest BCUT2D eigenvalue weighted by molar-refractivity contribution is 0.306. The molecule has 200 valence electrons. The number of rotatable bonds is 10. The molecule has 11 heteroatoms. The fourth-order valence-electron chi connectivity index (χ4n) is 4.07. The van der Waals surface area contributed by atoms with Gasteiger partial charge in [-0.15, -0.1) is 0 Å². The van der Waals surface area contributed by atoms with Crippen LogP contribution in [0, 0.1) is 5.82 Å². The van der Waals surface area contributed by atoms with Gasteiger partial charge in [-0.05, 0) is 65.2 Å². The second kappa shape index (κ2) is 11.4. The molecule has 8 nitrogen and oxygen atoms in total. The van der Waals surface area contributed by atoms with Gasteiger partial charge in [-0.1, -0.05) is 29.8 Å². The topological polar surface area (TPSA) is 98.1 Å². The van der Waals surface area contributed by atoms with E-state index in [1.54, 1.807) is 24.3 Å². The number of sulfonamides is 1. The molecule has 0 aliphatic carbocycles. The Morgan fingerprint density at radius 2 is 1.90 bits per heavy atom. The summed E-state index contributed by atoms with van der Waals surface area (Å²) in [6.07, 6.45) is 6.50. The minimum absolute atomic E-state index is 0.194. The van der Waals surface area contributed by atoms with Crippen LogP contribution in [0.1, 0.15) is 5.56 Å². The maximum absolute atomic E-state index is 13.4. The van der Waals surface area contributed by atoms with Crippen LogP contribution >= 0.6 is 11.6 Å². The Morgan fingerprint density at radius 3 is 2.69 bits per heavy atom. The number of nitrogens with zero attached hydrogens (tertiary/aromatic N) is 3. The van der Waals surface area contributed by atoms with Crippen LogP contribution in [0.4, 0.5) is 15.9 Å². The zero-order chi connectivity index (χ0) is 27.4. The molecule has 0 aliphatic heterocycles. The molecular formula is C28H25ClFN5O3S. The van der Waals surface area contributed by atoms with Crippen molar-refractivity contribution in [1.29, 1.82) is 0 Å². The number of aromatic nitrogens is 3. The molecule has 39 heavy (non-hydrogen) atoms. The predicted octanol–water partition coefficient (Wildman–Crippen LogP) is 5.76. The summed E-state index contributed by atoms with van der Waals surface area (Å²) in [7, 11) is -3.23. The number of anilines is 2. The standard InChI is InChI=1S/C28H25ClFN5O3S/c1-39(36,37)33-10-12-35-11-9-21(16-35)20-5-7-26-24(14-20)28(32-18-31-26)34-23-6-8-27(25(29)15-23)38-17-19-3-2-4-22(30)13-19/h2-9,11,13-16,18,33H,10,12,17H2,1H3,(H,31,32,34). The van der Waals surface area contributed by atoms with Crippen LogP contribution in [-0.4, -0.2) is 35.8 Å². The second-order valence-electron chi connectivity index (χ2n) is 8.95. The first-order valence-electron chi connectivity index (χ1n) is 12.0. The molecular weight excluding hydrogens is 541 g/mol. The van der Waals surface area contributed by atoms with E-state index in [2.05, 4.69) is 20.0 Å². The highest BCUT2D eigenvalue weighted by Crippen LogP contribution is 2.32. The van der Waals surface area contributed by atoms with E-state index in [-0.39, 0.29) is 12.4 Å². The molecule has 2 heterocycles. The molecule has 0 saturated carbocycles. The number of benzene rings is 3. The van der Waals surface area contributed by atoms with E-state index >= 15 is 0 Å². The third-order valence-corrected chi connectivity index (χ3v) is 6.96. The van der Waals surface area contributed by atoms with Crippen molar-refractivity contribution in [3.05, 3.63) is 102 Å². The maximum Gasteiger partial charge on any atom is 0.208 e. The Balaban J connectivity index is 1.32. The van der Waals surface area contributed by atoms with Crippen molar-refractivity contribution in [2.24, 2.45) is 0 Å². The summed E-state index contributed by atoms with van der Waals surface area (Å²) in [6, 6.07) is 19.4. The van der Waals surface area contributed by atoms with Crippen molar-refractivity contribution in [3.63, 3.8) is 0 Å². The van der Waals surface area contributed by atoms with Crippen molar-refractivity contribution < 1.29 is 17.5 Å². The fourth-order valence-corrected chi connectivity index (χ4v) is 4.76. The molecule has 0 amide bonds. The predicted molar refractivity (Wildman–Crippen MR) is 151 cm³/mol. The Morgan fingerprint density at radius 1 is 1.03 bits per heavy atom. The molecule has 0 unspecified atom stereocenters. The van der Waals surface area contributed by atoms with Crippen LogP contribution in [0.15, 0.2) is 85.5 Å². The molecule has 0 spiro atoms. The van der Waals surface area contributed by atoms with Gasteiger partial charge in [-0.3, -0.25) is 0 Å². The lowest BCUT2D eigenvalue weighted by atomic mass is 10.1. The molecule has 0 bridgehead atoms. The van der Waals surface area contributed by atoms with Crippen LogP contribution in [0.5, 0.6) is 5.75 Å². The van der Waals surface area contributed by atoms with E-state index in [1.165, 1.54) is 18.5 Å². The molecule has 0 atom stereocenters. The molecule has 3 aromatic carbocycles. The minimum Gasteiger partial charge on any atom is -0.487 e. The minimum atomic E-state index is -3.23. The van der Waals surface area contributed by atoms with Gasteiger partial charge in [0.15, 0.2) is 0 Å². The summed E-state index contributed by atoms with van der Waals surface area (Å²) in [5.41, 5.74) is 4.14. The van der Waals surface area contributed by atoms with Gasteiger partial charge in [0.25, 0.3) is 0 Å². The van der Waals surface area contributed by atoms with Crippen molar-refractivity contribution in [2.75, 3.05) is 18.1 Å². The number of hydrogen-bond donors (Lipinski definition) is 2. The monoisotopic (exact) mass is 565 g/mol. The molecule has 2 N–H and O–H groups in total. The first kappa shape index (κ1) is 26.6. The molecule has 5 rings (SSSR count). The second-order valence-corrected chi connectivity index (χ2v) is 11.2. The van der Waals surface area contributed by atoms with Gasteiger partial charge in [-0.2, -0.15) is 0 Å². The van der Waals surface area contributed by atoms with Crippen LogP contribution in [-0.2, 0) is 23.2 Å². The van der Waals surface area contributed by atoms with Crippen molar-refractivity contribution in [2.45, 2.75) is 13.2 Å². The molecule has 0 fully saturated rings. The van der Waals surface area contributed by atoms with Gasteiger partial charge in [0.1, 0.15) is 30.3 Å². The Bertz CT molecular complexity index is 1740. The van der Waals surface area contributed by atoms with Crippen LogP contribution in [0.3, 0.4) is 0 Å². The summed E-state index contributed by atoms with van der Waals surface area (Å²) in [4.78, 5) is 8.82. The third kappa shape index (κ3) is 6.91. The van der Waals surface area contributed by atoms with Crippen LogP contribution < -0.4 is 14.8 Å². The highest BCUT2D eigenvalue weighted by atomic mass is 35.5. The van der Waals surface area contributed by atoms with Crippen molar-refractivity contribution in [1.82, 2.24) is 19.3 Å². The summed E-state index contributed by atoms with van der Waals surface area (Å²) < 4.78 is 46.2. The summed E-state index contributed by atoms with van der Waals surface area (Å²) in [6.45, 7) is 1.02. The average molecular weight is 566 g/mol. The van der Waals surface area contributed by atoms with Gasteiger partial charge in [-0.25, -0.2) is 27.5 Å². The van der Waals surface area contributed by atoms with Crippen LogP contribution in [0.25, 0.3) is 22.0 Å². The number of halogens is 2. The fraction of sp³-hybridized carbons (Fsp3) is 0.143. The number of hydrogen-bond acceptors (Lipinski definition) is 6. The van der Waals surface area contributed by atoms with Gasteiger partial charge < -0.3 is 14.6 Å². The smallest absolute Gasteiger partial charge is 0.208 e. The van der Waals surface area contributed by atoms with Crippen molar-refractivity contribution in [3.8, 4) is 16.9 Å². The number of nitrogens with one attached hydrogen (secondary N) is 2. The van der Waals surface area contributed by atoms with Crippen LogP contribution in [0.2, 0.25) is 5.02 Å². The molecule has 0 radical (unpaired) electrons. The zero-order valence-corrected chi connectivity index (χ0v) is 22.5. The highest BCUT2D eigenvalue weighted by molar-refractivity contribution is 7.88.